The summed E-state index contributed by atoms with van der Waals surface area (Å²) in [4.78, 5) is 1.92. The maximum atomic E-state index is 13.3. The van der Waals surface area contributed by atoms with E-state index >= 15 is 0 Å². The summed E-state index contributed by atoms with van der Waals surface area (Å²) in [6, 6.07) is 12.8. The van der Waals surface area contributed by atoms with Crippen molar-refractivity contribution in [2.45, 2.75) is 0 Å². The van der Waals surface area contributed by atoms with Gasteiger partial charge in [0.05, 0.1) is 15.8 Å². The summed E-state index contributed by atoms with van der Waals surface area (Å²) >= 11 is 3.16. The second kappa shape index (κ2) is 4.75. The topological polar surface area (TPSA) is 29.3 Å². The minimum Gasteiger partial charge on any atom is -0.397 e. The van der Waals surface area contributed by atoms with E-state index in [0.29, 0.717) is 10.2 Å². The first-order valence-corrected chi connectivity index (χ1v) is 5.92. The van der Waals surface area contributed by atoms with Gasteiger partial charge in [-0.1, -0.05) is 18.2 Å². The van der Waals surface area contributed by atoms with E-state index < -0.39 is 0 Å². The molecule has 88 valence electrons. The first kappa shape index (κ1) is 11.9. The van der Waals surface area contributed by atoms with Crippen LogP contribution in [0.1, 0.15) is 0 Å². The van der Waals surface area contributed by atoms with Crippen LogP contribution in [0.4, 0.5) is 21.5 Å². The lowest BCUT2D eigenvalue weighted by Gasteiger charge is -2.21. The van der Waals surface area contributed by atoms with Crippen LogP contribution < -0.4 is 10.6 Å². The SMILES string of the molecule is CN(c1ccccc1)c1cc(Br)c(F)cc1N. The number of rotatable bonds is 2. The van der Waals surface area contributed by atoms with Crippen LogP contribution in [0.15, 0.2) is 46.9 Å². The molecule has 0 aliphatic rings. The molecule has 0 unspecified atom stereocenters. The molecule has 0 aliphatic heterocycles. The average molecular weight is 295 g/mol. The molecule has 2 aromatic rings. The zero-order chi connectivity index (χ0) is 12.4. The van der Waals surface area contributed by atoms with Gasteiger partial charge in [0.2, 0.25) is 0 Å². The van der Waals surface area contributed by atoms with Crippen LogP contribution in [-0.4, -0.2) is 7.05 Å². The number of halogens is 2. The first-order chi connectivity index (χ1) is 8.09. The first-order valence-electron chi connectivity index (χ1n) is 5.13. The largest absolute Gasteiger partial charge is 0.397 e. The van der Waals surface area contributed by atoms with E-state index in [9.17, 15) is 4.39 Å². The van der Waals surface area contributed by atoms with Gasteiger partial charge in [0, 0.05) is 18.8 Å². The van der Waals surface area contributed by atoms with E-state index in [1.54, 1.807) is 6.07 Å². The molecule has 0 atom stereocenters. The summed E-state index contributed by atoms with van der Waals surface area (Å²) in [5.74, 6) is -0.354. The molecule has 0 saturated carbocycles. The van der Waals surface area contributed by atoms with E-state index in [1.165, 1.54) is 6.07 Å². The quantitative estimate of drug-likeness (QED) is 0.850. The Balaban J connectivity index is 2.44. The minimum atomic E-state index is -0.354. The Morgan fingerprint density at radius 1 is 1.18 bits per heavy atom. The Morgan fingerprint density at radius 3 is 2.47 bits per heavy atom. The van der Waals surface area contributed by atoms with Gasteiger partial charge in [0.1, 0.15) is 5.82 Å². The van der Waals surface area contributed by atoms with Crippen LogP contribution in [0.25, 0.3) is 0 Å². The Hall–Kier alpha value is -1.55. The second-order valence-electron chi connectivity index (χ2n) is 3.72. The average Bonchev–Trinajstić information content (AvgIpc) is 2.34. The van der Waals surface area contributed by atoms with Gasteiger partial charge in [0.25, 0.3) is 0 Å². The number of para-hydroxylation sites is 1. The van der Waals surface area contributed by atoms with Crippen molar-refractivity contribution in [1.82, 2.24) is 0 Å². The van der Waals surface area contributed by atoms with Crippen molar-refractivity contribution in [3.05, 3.63) is 52.8 Å². The van der Waals surface area contributed by atoms with E-state index in [-0.39, 0.29) is 5.82 Å². The van der Waals surface area contributed by atoms with Crippen molar-refractivity contribution in [1.29, 1.82) is 0 Å². The molecule has 0 fully saturated rings. The van der Waals surface area contributed by atoms with Crippen LogP contribution in [0, 0.1) is 5.82 Å². The van der Waals surface area contributed by atoms with Crippen LogP contribution >= 0.6 is 15.9 Å². The van der Waals surface area contributed by atoms with Crippen molar-refractivity contribution in [3.8, 4) is 0 Å². The molecule has 0 aromatic heterocycles. The van der Waals surface area contributed by atoms with Gasteiger partial charge in [-0.3, -0.25) is 0 Å². The lowest BCUT2D eigenvalue weighted by Crippen LogP contribution is -2.11. The Kier molecular flexibility index (Phi) is 3.33. The highest BCUT2D eigenvalue weighted by atomic mass is 79.9. The van der Waals surface area contributed by atoms with Crippen LogP contribution in [0.2, 0.25) is 0 Å². The molecule has 0 saturated heterocycles. The normalized spacial score (nSPS) is 10.3. The Morgan fingerprint density at radius 2 is 1.82 bits per heavy atom. The van der Waals surface area contributed by atoms with Gasteiger partial charge < -0.3 is 10.6 Å². The van der Waals surface area contributed by atoms with E-state index in [2.05, 4.69) is 15.9 Å². The lowest BCUT2D eigenvalue weighted by molar-refractivity contribution is 0.622. The fraction of sp³-hybridized carbons (Fsp3) is 0.0769. The summed E-state index contributed by atoms with van der Waals surface area (Å²) in [7, 11) is 1.89. The van der Waals surface area contributed by atoms with Crippen molar-refractivity contribution in [2.75, 3.05) is 17.7 Å². The van der Waals surface area contributed by atoms with Crippen molar-refractivity contribution in [2.24, 2.45) is 0 Å². The fourth-order valence-corrected chi connectivity index (χ4v) is 1.96. The van der Waals surface area contributed by atoms with Crippen LogP contribution in [0.5, 0.6) is 0 Å². The highest BCUT2D eigenvalue weighted by Gasteiger charge is 2.10. The summed E-state index contributed by atoms with van der Waals surface area (Å²) in [5, 5.41) is 0. The van der Waals surface area contributed by atoms with Gasteiger partial charge >= 0.3 is 0 Å². The standard InChI is InChI=1S/C13H12BrFN2/c1-17(9-5-3-2-4-6-9)13-7-10(14)11(15)8-12(13)16/h2-8H,16H2,1H3. The number of nitrogens with zero attached hydrogens (tertiary/aromatic N) is 1. The molecular weight excluding hydrogens is 283 g/mol. The summed E-state index contributed by atoms with van der Waals surface area (Å²) in [6.07, 6.45) is 0. The molecule has 2 N–H and O–H groups in total. The maximum Gasteiger partial charge on any atom is 0.139 e. The third-order valence-corrected chi connectivity index (χ3v) is 3.18. The summed E-state index contributed by atoms with van der Waals surface area (Å²) < 4.78 is 13.7. The molecule has 2 rings (SSSR count). The number of nitrogens with two attached hydrogens (primary N) is 1. The number of hydrogen-bond donors (Lipinski definition) is 1. The van der Waals surface area contributed by atoms with Crippen LogP contribution in [-0.2, 0) is 0 Å². The highest BCUT2D eigenvalue weighted by molar-refractivity contribution is 9.10. The number of benzene rings is 2. The molecule has 0 aliphatic carbocycles. The Bertz CT molecular complexity index is 528. The molecule has 0 spiro atoms. The third kappa shape index (κ3) is 2.42. The van der Waals surface area contributed by atoms with Gasteiger partial charge in [-0.05, 0) is 34.1 Å². The summed E-state index contributed by atoms with van der Waals surface area (Å²) in [5.41, 5.74) is 8.01. The monoisotopic (exact) mass is 294 g/mol. The van der Waals surface area contributed by atoms with Gasteiger partial charge in [-0.2, -0.15) is 0 Å². The number of nitrogen functional groups attached to an aromatic ring is 1. The minimum absolute atomic E-state index is 0.354. The molecule has 17 heavy (non-hydrogen) atoms. The smallest absolute Gasteiger partial charge is 0.139 e. The van der Waals surface area contributed by atoms with Crippen molar-refractivity contribution in [3.63, 3.8) is 0 Å². The molecule has 4 heteroatoms. The molecule has 0 heterocycles. The predicted molar refractivity (Wildman–Crippen MR) is 73.0 cm³/mol. The third-order valence-electron chi connectivity index (χ3n) is 2.57. The van der Waals surface area contributed by atoms with Crippen molar-refractivity contribution >= 4 is 33.0 Å². The van der Waals surface area contributed by atoms with E-state index in [0.717, 1.165) is 11.4 Å². The fourth-order valence-electron chi connectivity index (χ4n) is 1.63. The van der Waals surface area contributed by atoms with Gasteiger partial charge in [0.15, 0.2) is 0 Å². The van der Waals surface area contributed by atoms with Gasteiger partial charge in [-0.15, -0.1) is 0 Å². The zero-order valence-electron chi connectivity index (χ0n) is 9.32. The zero-order valence-corrected chi connectivity index (χ0v) is 10.9. The Labute approximate surface area is 108 Å². The lowest BCUT2D eigenvalue weighted by atomic mass is 10.2. The molecule has 0 radical (unpaired) electrons. The summed E-state index contributed by atoms with van der Waals surface area (Å²) in [6.45, 7) is 0. The van der Waals surface area contributed by atoms with E-state index in [1.807, 2.05) is 42.3 Å². The molecule has 2 aromatic carbocycles. The van der Waals surface area contributed by atoms with E-state index in [4.69, 9.17) is 5.73 Å². The van der Waals surface area contributed by atoms with Crippen molar-refractivity contribution < 1.29 is 4.39 Å². The molecule has 0 amide bonds. The number of hydrogen-bond acceptors (Lipinski definition) is 2. The van der Waals surface area contributed by atoms with Gasteiger partial charge in [-0.25, -0.2) is 4.39 Å². The number of anilines is 3. The molecular formula is C13H12BrFN2. The van der Waals surface area contributed by atoms with Crippen LogP contribution in [0.3, 0.4) is 0 Å². The second-order valence-corrected chi connectivity index (χ2v) is 4.57. The predicted octanol–water partition coefficient (Wildman–Crippen LogP) is 3.94. The highest BCUT2D eigenvalue weighted by Crippen LogP contribution is 2.32. The molecule has 0 bridgehead atoms. The maximum absolute atomic E-state index is 13.3. The molecule has 2 nitrogen and oxygen atoms in total.